The van der Waals surface area contributed by atoms with E-state index in [4.69, 9.17) is 4.74 Å². The van der Waals surface area contributed by atoms with E-state index in [0.29, 0.717) is 12.1 Å². The number of aromatic nitrogens is 2. The standard InChI is InChI=1S/C24H21N3O2/c1-29-18-8-6-16(7-9-18)23-22-20(19-4-2-3-5-21(19)26-22)12-15-27(23)24(28)17-10-13-25-14-11-17/h2-11,13-14,23,26H,12,15H2,1H3/t23-/m0/s1. The predicted octanol–water partition coefficient (Wildman–Crippen LogP) is 4.36. The molecular formula is C24H21N3O2. The van der Waals surface area contributed by atoms with Crippen LogP contribution in [0.5, 0.6) is 5.75 Å². The van der Waals surface area contributed by atoms with Gasteiger partial charge in [0.05, 0.1) is 13.2 Å². The quantitative estimate of drug-likeness (QED) is 0.572. The first kappa shape index (κ1) is 17.5. The van der Waals surface area contributed by atoms with E-state index in [1.165, 1.54) is 10.9 Å². The van der Waals surface area contributed by atoms with Crippen LogP contribution in [0.1, 0.15) is 33.2 Å². The highest BCUT2D eigenvalue weighted by Crippen LogP contribution is 2.39. The average molecular weight is 383 g/mol. The zero-order valence-electron chi connectivity index (χ0n) is 16.1. The fraction of sp³-hybridized carbons (Fsp3) is 0.167. The van der Waals surface area contributed by atoms with Gasteiger partial charge in [-0.25, -0.2) is 0 Å². The van der Waals surface area contributed by atoms with Gasteiger partial charge in [0.1, 0.15) is 5.75 Å². The third-order valence-electron chi connectivity index (χ3n) is 5.65. The van der Waals surface area contributed by atoms with Crippen LogP contribution in [0, 0.1) is 0 Å². The summed E-state index contributed by atoms with van der Waals surface area (Å²) in [4.78, 5) is 23.0. The molecule has 29 heavy (non-hydrogen) atoms. The summed E-state index contributed by atoms with van der Waals surface area (Å²) in [6.07, 6.45) is 4.14. The Hall–Kier alpha value is -3.60. The highest BCUT2D eigenvalue weighted by atomic mass is 16.5. The van der Waals surface area contributed by atoms with Crippen molar-refractivity contribution in [1.82, 2.24) is 14.9 Å². The third-order valence-corrected chi connectivity index (χ3v) is 5.65. The van der Waals surface area contributed by atoms with Gasteiger partial charge < -0.3 is 14.6 Å². The Bertz CT molecular complexity index is 1170. The van der Waals surface area contributed by atoms with Crippen LogP contribution in [-0.4, -0.2) is 34.4 Å². The molecule has 0 aliphatic carbocycles. The van der Waals surface area contributed by atoms with Gasteiger partial charge in [0.15, 0.2) is 0 Å². The molecule has 0 unspecified atom stereocenters. The molecule has 5 heteroatoms. The van der Waals surface area contributed by atoms with Gasteiger partial charge in [-0.05, 0) is 47.9 Å². The molecule has 1 atom stereocenters. The molecular weight excluding hydrogens is 362 g/mol. The Morgan fingerprint density at radius 3 is 2.59 bits per heavy atom. The average Bonchev–Trinajstić information content (AvgIpc) is 3.17. The molecule has 0 fully saturated rings. The van der Waals surface area contributed by atoms with Crippen LogP contribution in [0.15, 0.2) is 73.1 Å². The van der Waals surface area contributed by atoms with Crippen molar-refractivity contribution in [2.45, 2.75) is 12.5 Å². The number of H-pyrrole nitrogens is 1. The van der Waals surface area contributed by atoms with E-state index in [-0.39, 0.29) is 11.9 Å². The zero-order valence-corrected chi connectivity index (χ0v) is 16.1. The van der Waals surface area contributed by atoms with Crippen molar-refractivity contribution in [1.29, 1.82) is 0 Å². The zero-order chi connectivity index (χ0) is 19.8. The molecule has 1 N–H and O–H groups in total. The minimum atomic E-state index is -0.183. The number of amides is 1. The topological polar surface area (TPSA) is 58.2 Å². The van der Waals surface area contributed by atoms with Crippen LogP contribution in [0.3, 0.4) is 0 Å². The highest BCUT2D eigenvalue weighted by molar-refractivity contribution is 5.95. The van der Waals surface area contributed by atoms with Crippen LogP contribution in [0.4, 0.5) is 0 Å². The number of aromatic amines is 1. The molecule has 0 saturated heterocycles. The van der Waals surface area contributed by atoms with Gasteiger partial charge in [0.2, 0.25) is 0 Å². The number of hydrogen-bond donors (Lipinski definition) is 1. The second-order valence-corrected chi connectivity index (χ2v) is 7.22. The Morgan fingerprint density at radius 1 is 1.07 bits per heavy atom. The lowest BCUT2D eigenvalue weighted by Crippen LogP contribution is -2.40. The monoisotopic (exact) mass is 383 g/mol. The number of nitrogens with zero attached hydrogens (tertiary/aromatic N) is 2. The largest absolute Gasteiger partial charge is 0.497 e. The number of pyridine rings is 1. The van der Waals surface area contributed by atoms with Gasteiger partial charge in [-0.3, -0.25) is 9.78 Å². The van der Waals surface area contributed by atoms with Crippen molar-refractivity contribution in [3.8, 4) is 5.75 Å². The molecule has 1 aliphatic rings. The lowest BCUT2D eigenvalue weighted by atomic mass is 9.91. The summed E-state index contributed by atoms with van der Waals surface area (Å²) >= 11 is 0. The van der Waals surface area contributed by atoms with Gasteiger partial charge in [0, 0.05) is 41.1 Å². The van der Waals surface area contributed by atoms with Crippen LogP contribution in [0.2, 0.25) is 0 Å². The van der Waals surface area contributed by atoms with Crippen LogP contribution in [0.25, 0.3) is 10.9 Å². The number of hydrogen-bond acceptors (Lipinski definition) is 3. The van der Waals surface area contributed by atoms with E-state index < -0.39 is 0 Å². The molecule has 3 heterocycles. The molecule has 2 aromatic carbocycles. The maximum absolute atomic E-state index is 13.4. The first-order valence-corrected chi connectivity index (χ1v) is 9.70. The first-order chi connectivity index (χ1) is 14.3. The number of carbonyl (C=O) groups is 1. The van der Waals surface area contributed by atoms with Crippen molar-refractivity contribution in [2.75, 3.05) is 13.7 Å². The highest BCUT2D eigenvalue weighted by Gasteiger charge is 2.34. The van der Waals surface area contributed by atoms with Crippen molar-refractivity contribution in [3.05, 3.63) is 95.4 Å². The van der Waals surface area contributed by atoms with E-state index in [1.54, 1.807) is 31.6 Å². The Balaban J connectivity index is 1.65. The summed E-state index contributed by atoms with van der Waals surface area (Å²) in [6.45, 7) is 0.659. The fourth-order valence-corrected chi connectivity index (χ4v) is 4.25. The molecule has 0 radical (unpaired) electrons. The number of ether oxygens (including phenoxy) is 1. The van der Waals surface area contributed by atoms with Crippen molar-refractivity contribution in [3.63, 3.8) is 0 Å². The Morgan fingerprint density at radius 2 is 1.83 bits per heavy atom. The summed E-state index contributed by atoms with van der Waals surface area (Å²) in [7, 11) is 1.66. The van der Waals surface area contributed by atoms with Crippen molar-refractivity contribution >= 4 is 16.8 Å². The number of fused-ring (bicyclic) bond motifs is 3. The van der Waals surface area contributed by atoms with Crippen LogP contribution >= 0.6 is 0 Å². The van der Waals surface area contributed by atoms with E-state index in [0.717, 1.165) is 28.9 Å². The van der Waals surface area contributed by atoms with Gasteiger partial charge in [-0.1, -0.05) is 30.3 Å². The SMILES string of the molecule is COc1ccc([C@H]2c3[nH]c4ccccc4c3CCN2C(=O)c2ccncc2)cc1. The van der Waals surface area contributed by atoms with Crippen molar-refractivity contribution < 1.29 is 9.53 Å². The first-order valence-electron chi connectivity index (χ1n) is 9.70. The molecule has 0 bridgehead atoms. The summed E-state index contributed by atoms with van der Waals surface area (Å²) < 4.78 is 5.32. The number of benzene rings is 2. The number of nitrogens with one attached hydrogen (secondary N) is 1. The Labute approximate surface area is 169 Å². The van der Waals surface area contributed by atoms with Gasteiger partial charge in [-0.2, -0.15) is 0 Å². The van der Waals surface area contributed by atoms with Crippen LogP contribution in [-0.2, 0) is 6.42 Å². The number of rotatable bonds is 3. The van der Waals surface area contributed by atoms with E-state index >= 15 is 0 Å². The maximum Gasteiger partial charge on any atom is 0.254 e. The molecule has 1 amide bonds. The van der Waals surface area contributed by atoms with E-state index in [1.807, 2.05) is 35.2 Å². The van der Waals surface area contributed by atoms with Gasteiger partial charge in [0.25, 0.3) is 5.91 Å². The molecule has 2 aromatic heterocycles. The Kier molecular flexibility index (Phi) is 4.28. The lowest BCUT2D eigenvalue weighted by molar-refractivity contribution is 0.0692. The fourth-order valence-electron chi connectivity index (χ4n) is 4.25. The number of carbonyl (C=O) groups excluding carboxylic acids is 1. The van der Waals surface area contributed by atoms with Crippen LogP contribution < -0.4 is 4.74 Å². The maximum atomic E-state index is 13.4. The summed E-state index contributed by atoms with van der Waals surface area (Å²) in [6, 6.07) is 19.7. The molecule has 144 valence electrons. The second-order valence-electron chi connectivity index (χ2n) is 7.22. The number of methoxy groups -OCH3 is 1. The number of para-hydroxylation sites is 1. The van der Waals surface area contributed by atoms with Crippen molar-refractivity contribution in [2.24, 2.45) is 0 Å². The summed E-state index contributed by atoms with van der Waals surface area (Å²) in [5.74, 6) is 0.811. The van der Waals surface area contributed by atoms with Gasteiger partial charge >= 0.3 is 0 Å². The molecule has 0 saturated carbocycles. The molecule has 5 rings (SSSR count). The lowest BCUT2D eigenvalue weighted by Gasteiger charge is -2.36. The van der Waals surface area contributed by atoms with Gasteiger partial charge in [-0.15, -0.1) is 0 Å². The predicted molar refractivity (Wildman–Crippen MR) is 112 cm³/mol. The molecule has 4 aromatic rings. The second kappa shape index (κ2) is 7.09. The minimum Gasteiger partial charge on any atom is -0.497 e. The third kappa shape index (κ3) is 2.95. The molecule has 5 nitrogen and oxygen atoms in total. The summed E-state index contributed by atoms with van der Waals surface area (Å²) in [5, 5.41) is 1.23. The van der Waals surface area contributed by atoms with E-state index in [2.05, 4.69) is 28.2 Å². The molecule has 0 spiro atoms. The smallest absolute Gasteiger partial charge is 0.254 e. The van der Waals surface area contributed by atoms with E-state index in [9.17, 15) is 4.79 Å². The normalized spacial score (nSPS) is 15.9. The summed E-state index contributed by atoms with van der Waals surface area (Å²) in [5.41, 5.74) is 5.19. The minimum absolute atomic E-state index is 0.0116. The molecule has 1 aliphatic heterocycles.